The van der Waals surface area contributed by atoms with Gasteiger partial charge in [-0.05, 0) is 29.1 Å². The number of aromatic hydroxyl groups is 1. The Balaban J connectivity index is 1.29. The SMILES string of the molecule is Cn1c(N2CCC3(CC2)Oc2sccc2[C@H]3N)ncc(C#CCc2cccc(O)c2)c1=O. The van der Waals surface area contributed by atoms with E-state index in [1.165, 1.54) is 0 Å². The fourth-order valence-electron chi connectivity index (χ4n) is 4.47. The molecule has 5 rings (SSSR count). The van der Waals surface area contributed by atoms with Crippen LogP contribution >= 0.6 is 11.3 Å². The fourth-order valence-corrected chi connectivity index (χ4v) is 5.36. The molecule has 1 aromatic carbocycles. The fraction of sp³-hybridized carbons (Fsp3) is 0.333. The molecule has 8 heteroatoms. The molecule has 164 valence electrons. The minimum atomic E-state index is -0.366. The first-order valence-corrected chi connectivity index (χ1v) is 11.4. The lowest BCUT2D eigenvalue weighted by Gasteiger charge is -2.41. The summed E-state index contributed by atoms with van der Waals surface area (Å²) in [6.45, 7) is 1.43. The predicted molar refractivity (Wildman–Crippen MR) is 124 cm³/mol. The van der Waals surface area contributed by atoms with Gasteiger partial charge >= 0.3 is 0 Å². The number of aromatic nitrogens is 2. The second-order valence-electron chi connectivity index (χ2n) is 8.28. The van der Waals surface area contributed by atoms with E-state index < -0.39 is 0 Å². The van der Waals surface area contributed by atoms with Crippen LogP contribution in [0.15, 0.2) is 46.7 Å². The highest BCUT2D eigenvalue weighted by Gasteiger charge is 2.49. The zero-order chi connectivity index (χ0) is 22.3. The van der Waals surface area contributed by atoms with Crippen LogP contribution in [0.2, 0.25) is 0 Å². The number of rotatable bonds is 2. The molecule has 0 amide bonds. The maximum atomic E-state index is 12.9. The summed E-state index contributed by atoms with van der Waals surface area (Å²) in [6.07, 6.45) is 3.54. The van der Waals surface area contributed by atoms with Crippen molar-refractivity contribution >= 4 is 17.3 Å². The minimum Gasteiger partial charge on any atom is -0.508 e. The average molecular weight is 449 g/mol. The molecule has 0 radical (unpaired) electrons. The lowest BCUT2D eigenvalue weighted by molar-refractivity contribution is 0.0454. The number of benzene rings is 1. The molecule has 0 bridgehead atoms. The lowest BCUT2D eigenvalue weighted by Crippen LogP contribution is -2.52. The van der Waals surface area contributed by atoms with E-state index in [0.717, 1.165) is 29.0 Å². The van der Waals surface area contributed by atoms with Gasteiger partial charge in [0.25, 0.3) is 5.56 Å². The summed E-state index contributed by atoms with van der Waals surface area (Å²) in [5.41, 5.74) is 8.33. The Kier molecular flexibility index (Phi) is 5.16. The molecule has 1 fully saturated rings. The number of nitrogens with two attached hydrogens (primary N) is 1. The lowest BCUT2D eigenvalue weighted by atomic mass is 9.83. The summed E-state index contributed by atoms with van der Waals surface area (Å²) in [5, 5.41) is 12.5. The van der Waals surface area contributed by atoms with Crippen molar-refractivity contribution in [1.82, 2.24) is 9.55 Å². The number of hydrogen-bond acceptors (Lipinski definition) is 7. The molecule has 7 nitrogen and oxygen atoms in total. The van der Waals surface area contributed by atoms with Crippen molar-refractivity contribution in [2.45, 2.75) is 30.9 Å². The summed E-state index contributed by atoms with van der Waals surface area (Å²) in [7, 11) is 1.73. The van der Waals surface area contributed by atoms with Crippen molar-refractivity contribution in [1.29, 1.82) is 0 Å². The second kappa shape index (κ2) is 8.01. The molecule has 3 aromatic rings. The van der Waals surface area contributed by atoms with E-state index in [0.29, 0.717) is 31.0 Å². The normalized spacial score (nSPS) is 18.7. The maximum Gasteiger partial charge on any atom is 0.270 e. The van der Waals surface area contributed by atoms with Crippen LogP contribution in [0.1, 0.15) is 35.6 Å². The van der Waals surface area contributed by atoms with Crippen molar-refractivity contribution in [3.05, 3.63) is 69.0 Å². The van der Waals surface area contributed by atoms with E-state index >= 15 is 0 Å². The van der Waals surface area contributed by atoms with E-state index in [1.54, 1.807) is 47.3 Å². The first kappa shape index (κ1) is 20.6. The van der Waals surface area contributed by atoms with Gasteiger partial charge in [0.15, 0.2) is 5.06 Å². The molecular weight excluding hydrogens is 424 g/mol. The van der Waals surface area contributed by atoms with E-state index in [-0.39, 0.29) is 23.0 Å². The number of hydrogen-bond donors (Lipinski definition) is 2. The third-order valence-electron chi connectivity index (χ3n) is 6.32. The van der Waals surface area contributed by atoms with Gasteiger partial charge in [0.05, 0.1) is 12.2 Å². The quantitative estimate of drug-likeness (QED) is 0.586. The highest BCUT2D eigenvalue weighted by Crippen LogP contribution is 2.49. The standard InChI is InChI=1S/C24H24N4O3S/c1-27-21(30)17(6-2-4-16-5-3-7-18(29)14-16)15-26-23(27)28-11-9-24(10-12-28)20(25)19-8-13-32-22(19)31-24/h3,5,7-8,13-15,20,29H,4,9-12,25H2,1H3/t20-/m1/s1. The van der Waals surface area contributed by atoms with Gasteiger partial charge in [0.2, 0.25) is 5.95 Å². The summed E-state index contributed by atoms with van der Waals surface area (Å²) < 4.78 is 7.84. The van der Waals surface area contributed by atoms with E-state index in [4.69, 9.17) is 10.5 Å². The zero-order valence-electron chi connectivity index (χ0n) is 17.7. The number of phenols is 1. The van der Waals surface area contributed by atoms with Gasteiger partial charge in [0, 0.05) is 45.0 Å². The van der Waals surface area contributed by atoms with Gasteiger partial charge < -0.3 is 20.5 Å². The van der Waals surface area contributed by atoms with Crippen LogP contribution in [-0.4, -0.2) is 33.3 Å². The Hall–Kier alpha value is -3.28. The van der Waals surface area contributed by atoms with Gasteiger partial charge in [-0.3, -0.25) is 9.36 Å². The topological polar surface area (TPSA) is 93.6 Å². The first-order valence-electron chi connectivity index (χ1n) is 10.6. The molecule has 0 aliphatic carbocycles. The third kappa shape index (κ3) is 3.53. The Labute approximate surface area is 190 Å². The highest BCUT2D eigenvalue weighted by molar-refractivity contribution is 7.12. The smallest absolute Gasteiger partial charge is 0.270 e. The molecule has 4 heterocycles. The Morgan fingerprint density at radius 1 is 1.34 bits per heavy atom. The Bertz CT molecular complexity index is 1280. The molecule has 1 saturated heterocycles. The largest absolute Gasteiger partial charge is 0.508 e. The van der Waals surface area contributed by atoms with Crippen molar-refractivity contribution in [2.75, 3.05) is 18.0 Å². The number of thiophene rings is 1. The summed E-state index contributed by atoms with van der Waals surface area (Å²) in [4.78, 5) is 19.5. The maximum absolute atomic E-state index is 12.9. The average Bonchev–Trinajstić information content (AvgIpc) is 3.33. The van der Waals surface area contributed by atoms with Crippen molar-refractivity contribution in [3.8, 4) is 22.7 Å². The van der Waals surface area contributed by atoms with Crippen LogP contribution in [0, 0.1) is 11.8 Å². The molecule has 2 aromatic heterocycles. The van der Waals surface area contributed by atoms with Gasteiger partial charge in [-0.2, -0.15) is 0 Å². The number of nitrogens with zero attached hydrogens (tertiary/aromatic N) is 3. The Morgan fingerprint density at radius 2 is 2.16 bits per heavy atom. The predicted octanol–water partition coefficient (Wildman–Crippen LogP) is 2.57. The summed E-state index contributed by atoms with van der Waals surface area (Å²) in [6, 6.07) is 8.87. The molecule has 0 unspecified atom stereocenters. The molecule has 2 aliphatic rings. The van der Waals surface area contributed by atoms with Crippen LogP contribution in [0.5, 0.6) is 10.8 Å². The molecule has 3 N–H and O–H groups in total. The van der Waals surface area contributed by atoms with Crippen LogP contribution in [-0.2, 0) is 13.5 Å². The van der Waals surface area contributed by atoms with Gasteiger partial charge in [0.1, 0.15) is 16.9 Å². The van der Waals surface area contributed by atoms with E-state index in [1.807, 2.05) is 11.4 Å². The Morgan fingerprint density at radius 3 is 2.91 bits per heavy atom. The molecule has 2 aliphatic heterocycles. The number of piperidine rings is 1. The van der Waals surface area contributed by atoms with Crippen LogP contribution < -0.4 is 20.9 Å². The summed E-state index contributed by atoms with van der Waals surface area (Å²) in [5.74, 6) is 6.75. The molecule has 32 heavy (non-hydrogen) atoms. The van der Waals surface area contributed by atoms with E-state index in [9.17, 15) is 9.90 Å². The molecule has 1 atom stereocenters. The zero-order valence-corrected chi connectivity index (χ0v) is 18.6. The number of anilines is 1. The van der Waals surface area contributed by atoms with Gasteiger partial charge in [-0.1, -0.05) is 24.0 Å². The van der Waals surface area contributed by atoms with Crippen LogP contribution in [0.3, 0.4) is 0 Å². The van der Waals surface area contributed by atoms with E-state index in [2.05, 4.69) is 27.8 Å². The third-order valence-corrected chi connectivity index (χ3v) is 7.12. The monoisotopic (exact) mass is 448 g/mol. The van der Waals surface area contributed by atoms with Crippen molar-refractivity contribution < 1.29 is 9.84 Å². The van der Waals surface area contributed by atoms with Crippen LogP contribution in [0.25, 0.3) is 0 Å². The van der Waals surface area contributed by atoms with Crippen molar-refractivity contribution in [2.24, 2.45) is 12.8 Å². The second-order valence-corrected chi connectivity index (χ2v) is 9.16. The number of fused-ring (bicyclic) bond motifs is 1. The molecule has 1 spiro atoms. The first-order chi connectivity index (χ1) is 15.5. The van der Waals surface area contributed by atoms with Gasteiger partial charge in [-0.15, -0.1) is 11.3 Å². The summed E-state index contributed by atoms with van der Waals surface area (Å²) >= 11 is 1.59. The molecular formula is C24H24N4O3S. The van der Waals surface area contributed by atoms with Crippen molar-refractivity contribution in [3.63, 3.8) is 0 Å². The number of phenolic OH excluding ortho intramolecular Hbond substituents is 1. The van der Waals surface area contributed by atoms with Gasteiger partial charge in [-0.25, -0.2) is 4.98 Å². The van der Waals surface area contributed by atoms with Crippen LogP contribution in [0.4, 0.5) is 5.95 Å². The molecule has 0 saturated carbocycles. The highest BCUT2D eigenvalue weighted by atomic mass is 32.1. The number of ether oxygens (including phenoxy) is 1. The minimum absolute atomic E-state index is 0.119.